The molecule has 1 aliphatic rings. The van der Waals surface area contributed by atoms with E-state index in [0.29, 0.717) is 0 Å². The zero-order valence-electron chi connectivity index (χ0n) is 11.1. The molecule has 0 fully saturated rings. The largest absolute Gasteiger partial charge is 0.333 e. The molecule has 3 aromatic rings. The number of anilines is 1. The van der Waals surface area contributed by atoms with Crippen LogP contribution in [0.1, 0.15) is 17.3 Å². The smallest absolute Gasteiger partial charge is 0.279 e. The summed E-state index contributed by atoms with van der Waals surface area (Å²) >= 11 is 0. The molecule has 4 rings (SSSR count). The third-order valence-electron chi connectivity index (χ3n) is 3.66. The highest BCUT2D eigenvalue weighted by molar-refractivity contribution is 5.98. The minimum absolute atomic E-state index is 0.0724. The number of hydrogen-bond acceptors (Lipinski definition) is 3. The topological polar surface area (TPSA) is 51.0 Å². The van der Waals surface area contributed by atoms with Gasteiger partial charge in [-0.1, -0.05) is 6.07 Å². The van der Waals surface area contributed by atoms with Gasteiger partial charge in [-0.15, -0.1) is 0 Å². The number of hydrogen-bond donors (Lipinski definition) is 0. The van der Waals surface area contributed by atoms with Gasteiger partial charge in [0.15, 0.2) is 0 Å². The summed E-state index contributed by atoms with van der Waals surface area (Å²) < 4.78 is 1.67. The Kier molecular flexibility index (Phi) is 2.57. The molecule has 0 N–H and O–H groups in total. The maximum absolute atomic E-state index is 12.7. The van der Waals surface area contributed by atoms with Crippen LogP contribution in [0.2, 0.25) is 0 Å². The molecule has 0 radical (unpaired) electrons. The number of rotatable bonds is 2. The van der Waals surface area contributed by atoms with Crippen molar-refractivity contribution in [3.63, 3.8) is 0 Å². The van der Waals surface area contributed by atoms with Gasteiger partial charge in [0.25, 0.3) is 0 Å². The van der Waals surface area contributed by atoms with Crippen LogP contribution in [0.4, 0.5) is 10.5 Å². The normalized spacial score (nSPS) is 17.0. The van der Waals surface area contributed by atoms with Crippen LogP contribution in [0.3, 0.4) is 0 Å². The SMILES string of the molecule is O=C1N(c2cccnc2)C(c2cccnc2)c2cccn21. The van der Waals surface area contributed by atoms with Crippen LogP contribution in [0, 0.1) is 0 Å². The van der Waals surface area contributed by atoms with Crippen molar-refractivity contribution in [1.82, 2.24) is 14.5 Å². The van der Waals surface area contributed by atoms with E-state index in [1.54, 1.807) is 40.5 Å². The van der Waals surface area contributed by atoms with Gasteiger partial charge >= 0.3 is 6.03 Å². The van der Waals surface area contributed by atoms with Gasteiger partial charge < -0.3 is 0 Å². The molecule has 3 aromatic heterocycles. The summed E-state index contributed by atoms with van der Waals surface area (Å²) in [5.74, 6) is 0. The van der Waals surface area contributed by atoms with Gasteiger partial charge in [-0.2, -0.15) is 0 Å². The molecule has 5 nitrogen and oxygen atoms in total. The van der Waals surface area contributed by atoms with E-state index >= 15 is 0 Å². The van der Waals surface area contributed by atoms with Gasteiger partial charge in [0.05, 0.1) is 17.6 Å². The molecule has 0 aromatic carbocycles. The maximum atomic E-state index is 12.7. The van der Waals surface area contributed by atoms with Crippen molar-refractivity contribution in [3.8, 4) is 0 Å². The molecule has 0 aliphatic carbocycles. The van der Waals surface area contributed by atoms with Crippen molar-refractivity contribution in [2.45, 2.75) is 6.04 Å². The molecule has 1 amide bonds. The third kappa shape index (κ3) is 1.74. The first-order valence-corrected chi connectivity index (χ1v) is 6.67. The van der Waals surface area contributed by atoms with Crippen LogP contribution >= 0.6 is 0 Å². The summed E-state index contributed by atoms with van der Waals surface area (Å²) in [5, 5.41) is 0. The fraction of sp³-hybridized carbons (Fsp3) is 0.0625. The van der Waals surface area contributed by atoms with Gasteiger partial charge in [0, 0.05) is 24.8 Å². The second-order valence-electron chi connectivity index (χ2n) is 4.86. The summed E-state index contributed by atoms with van der Waals surface area (Å²) in [5.41, 5.74) is 2.70. The minimum atomic E-state index is -0.176. The number of nitrogens with zero attached hydrogens (tertiary/aromatic N) is 4. The molecule has 21 heavy (non-hydrogen) atoms. The molecule has 5 heteroatoms. The molecule has 4 heterocycles. The van der Waals surface area contributed by atoms with Crippen LogP contribution in [0.5, 0.6) is 0 Å². The molecule has 102 valence electrons. The maximum Gasteiger partial charge on any atom is 0.333 e. The van der Waals surface area contributed by atoms with Gasteiger partial charge in [-0.05, 0) is 35.9 Å². The summed E-state index contributed by atoms with van der Waals surface area (Å²) in [6.07, 6.45) is 8.71. The molecule has 1 unspecified atom stereocenters. The number of amides is 1. The molecule has 0 spiro atoms. The van der Waals surface area contributed by atoms with Crippen molar-refractivity contribution in [2.75, 3.05) is 4.90 Å². The van der Waals surface area contributed by atoms with Crippen molar-refractivity contribution in [3.05, 3.63) is 78.6 Å². The Labute approximate surface area is 121 Å². The first-order valence-electron chi connectivity index (χ1n) is 6.67. The van der Waals surface area contributed by atoms with Crippen LogP contribution in [-0.2, 0) is 0 Å². The second kappa shape index (κ2) is 4.56. The van der Waals surface area contributed by atoms with Crippen LogP contribution in [-0.4, -0.2) is 20.6 Å². The predicted octanol–water partition coefficient (Wildman–Crippen LogP) is 2.86. The fourth-order valence-corrected chi connectivity index (χ4v) is 2.76. The van der Waals surface area contributed by atoms with E-state index in [0.717, 1.165) is 16.9 Å². The summed E-state index contributed by atoms with van der Waals surface area (Å²) in [6, 6.07) is 11.2. The summed E-state index contributed by atoms with van der Waals surface area (Å²) in [7, 11) is 0. The second-order valence-corrected chi connectivity index (χ2v) is 4.86. The monoisotopic (exact) mass is 276 g/mol. The van der Waals surface area contributed by atoms with E-state index in [9.17, 15) is 4.79 Å². The van der Waals surface area contributed by atoms with E-state index in [1.165, 1.54) is 0 Å². The highest BCUT2D eigenvalue weighted by Gasteiger charge is 2.38. The predicted molar refractivity (Wildman–Crippen MR) is 78.0 cm³/mol. The lowest BCUT2D eigenvalue weighted by Gasteiger charge is -2.23. The van der Waals surface area contributed by atoms with E-state index in [2.05, 4.69) is 9.97 Å². The average molecular weight is 276 g/mol. The van der Waals surface area contributed by atoms with Gasteiger partial charge in [-0.3, -0.25) is 19.4 Å². The van der Waals surface area contributed by atoms with Crippen LogP contribution < -0.4 is 4.90 Å². The van der Waals surface area contributed by atoms with Crippen molar-refractivity contribution in [2.24, 2.45) is 0 Å². The Balaban J connectivity index is 1.90. The van der Waals surface area contributed by atoms with Crippen LogP contribution in [0.25, 0.3) is 0 Å². The van der Waals surface area contributed by atoms with Gasteiger partial charge in [0.2, 0.25) is 0 Å². The molecular weight excluding hydrogens is 264 g/mol. The Morgan fingerprint density at radius 1 is 0.952 bits per heavy atom. The Bertz CT molecular complexity index is 782. The van der Waals surface area contributed by atoms with Gasteiger partial charge in [-0.25, -0.2) is 4.79 Å². The zero-order valence-corrected chi connectivity index (χ0v) is 11.1. The molecule has 1 atom stereocenters. The molecule has 0 saturated carbocycles. The Morgan fingerprint density at radius 2 is 1.76 bits per heavy atom. The van der Waals surface area contributed by atoms with Crippen molar-refractivity contribution < 1.29 is 4.79 Å². The lowest BCUT2D eigenvalue weighted by atomic mass is 10.1. The highest BCUT2D eigenvalue weighted by atomic mass is 16.2. The lowest BCUT2D eigenvalue weighted by Crippen LogP contribution is -2.29. The fourth-order valence-electron chi connectivity index (χ4n) is 2.76. The van der Waals surface area contributed by atoms with E-state index in [1.807, 2.05) is 36.4 Å². The van der Waals surface area contributed by atoms with Crippen molar-refractivity contribution >= 4 is 11.7 Å². The van der Waals surface area contributed by atoms with E-state index in [4.69, 9.17) is 0 Å². The first-order chi connectivity index (χ1) is 10.4. The van der Waals surface area contributed by atoms with E-state index in [-0.39, 0.29) is 12.1 Å². The molecule has 0 saturated heterocycles. The first kappa shape index (κ1) is 11.8. The Hall–Kier alpha value is -2.95. The molecule has 1 aliphatic heterocycles. The Morgan fingerprint density at radius 3 is 2.48 bits per heavy atom. The van der Waals surface area contributed by atoms with E-state index < -0.39 is 0 Å². The number of carbonyl (C=O) groups is 1. The minimum Gasteiger partial charge on any atom is -0.279 e. The third-order valence-corrected chi connectivity index (χ3v) is 3.66. The van der Waals surface area contributed by atoms with Crippen LogP contribution in [0.15, 0.2) is 67.4 Å². The molecular formula is C16H12N4O. The van der Waals surface area contributed by atoms with Gasteiger partial charge in [0.1, 0.15) is 6.04 Å². The summed E-state index contributed by atoms with van der Waals surface area (Å²) in [4.78, 5) is 22.7. The average Bonchev–Trinajstić information content (AvgIpc) is 3.11. The highest BCUT2D eigenvalue weighted by Crippen LogP contribution is 2.38. The number of pyridine rings is 2. The summed E-state index contributed by atoms with van der Waals surface area (Å²) in [6.45, 7) is 0. The number of carbonyl (C=O) groups excluding carboxylic acids is 1. The van der Waals surface area contributed by atoms with Crippen molar-refractivity contribution in [1.29, 1.82) is 0 Å². The lowest BCUT2D eigenvalue weighted by molar-refractivity contribution is 0.250. The quantitative estimate of drug-likeness (QED) is 0.723. The molecule has 0 bridgehead atoms. The zero-order chi connectivity index (χ0) is 14.2. The number of aromatic nitrogens is 3. The number of fused-ring (bicyclic) bond motifs is 1. The standard InChI is InChI=1S/C16H12N4O/c21-16-19-9-3-6-14(19)15(12-4-1-7-17-10-12)20(16)13-5-2-8-18-11-13/h1-11,15H.